The van der Waals surface area contributed by atoms with Crippen LogP contribution in [0.15, 0.2) is 80.7 Å². The van der Waals surface area contributed by atoms with Gasteiger partial charge in [0.05, 0.1) is 22.4 Å². The second-order valence-corrected chi connectivity index (χ2v) is 8.23. The molecule has 29 heavy (non-hydrogen) atoms. The van der Waals surface area contributed by atoms with E-state index >= 15 is 0 Å². The van der Waals surface area contributed by atoms with Gasteiger partial charge >= 0.3 is 6.01 Å². The number of aryl methyl sites for hydroxylation is 1. The minimum atomic E-state index is -3.73. The Morgan fingerprint density at radius 2 is 1.79 bits per heavy atom. The van der Waals surface area contributed by atoms with E-state index in [0.717, 1.165) is 0 Å². The lowest BCUT2D eigenvalue weighted by molar-refractivity contribution is 0.531. The van der Waals surface area contributed by atoms with Crippen molar-refractivity contribution in [3.63, 3.8) is 0 Å². The van der Waals surface area contributed by atoms with E-state index in [9.17, 15) is 8.42 Å². The molecule has 0 aliphatic rings. The Bertz CT molecular complexity index is 1230. The fourth-order valence-electron chi connectivity index (χ4n) is 2.78. The number of benzene rings is 2. The van der Waals surface area contributed by atoms with E-state index in [-0.39, 0.29) is 10.9 Å². The second kappa shape index (κ2) is 7.44. The van der Waals surface area contributed by atoms with Gasteiger partial charge in [-0.3, -0.25) is 4.31 Å². The second-order valence-electron chi connectivity index (χ2n) is 6.26. The van der Waals surface area contributed by atoms with Crippen LogP contribution in [-0.2, 0) is 10.0 Å². The summed E-state index contributed by atoms with van der Waals surface area (Å²) in [6.45, 7) is 1.80. The highest BCUT2D eigenvalue weighted by Crippen LogP contribution is 2.27. The Balaban J connectivity index is 1.58. The molecule has 2 heterocycles. The van der Waals surface area contributed by atoms with Gasteiger partial charge in [0, 0.05) is 12.7 Å². The van der Waals surface area contributed by atoms with Crippen molar-refractivity contribution in [1.82, 2.24) is 10.2 Å². The molecule has 2 aromatic heterocycles. The van der Waals surface area contributed by atoms with E-state index in [1.807, 2.05) is 6.07 Å². The summed E-state index contributed by atoms with van der Waals surface area (Å²) in [5.74, 6) is 0.976. The Labute approximate surface area is 167 Å². The van der Waals surface area contributed by atoms with Crippen LogP contribution in [0.25, 0.3) is 11.5 Å². The van der Waals surface area contributed by atoms with Crippen LogP contribution >= 0.6 is 0 Å². The highest BCUT2D eigenvalue weighted by Gasteiger charge is 2.22. The van der Waals surface area contributed by atoms with Gasteiger partial charge in [0.15, 0.2) is 0 Å². The number of para-hydroxylation sites is 1. The fraction of sp³-hybridized carbons (Fsp3) is 0.100. The number of rotatable bonds is 6. The third-order valence-electron chi connectivity index (χ3n) is 4.38. The molecule has 0 saturated heterocycles. The number of nitrogens with one attached hydrogen (secondary N) is 1. The van der Waals surface area contributed by atoms with E-state index in [4.69, 9.17) is 8.83 Å². The summed E-state index contributed by atoms with van der Waals surface area (Å²) in [6.07, 6.45) is 1.54. The number of anilines is 3. The normalized spacial score (nSPS) is 11.4. The molecule has 0 fully saturated rings. The molecular weight excluding hydrogens is 392 g/mol. The third kappa shape index (κ3) is 3.72. The smallest absolute Gasteiger partial charge is 0.320 e. The number of aromatic nitrogens is 2. The van der Waals surface area contributed by atoms with Crippen LogP contribution in [0.5, 0.6) is 0 Å². The van der Waals surface area contributed by atoms with Crippen LogP contribution in [0.4, 0.5) is 17.4 Å². The number of hydrogen-bond donors (Lipinski definition) is 1. The maximum atomic E-state index is 13.0. The first-order valence-electron chi connectivity index (χ1n) is 8.74. The third-order valence-corrected chi connectivity index (χ3v) is 6.16. The van der Waals surface area contributed by atoms with Gasteiger partial charge in [-0.1, -0.05) is 29.4 Å². The van der Waals surface area contributed by atoms with Gasteiger partial charge in [0.25, 0.3) is 15.9 Å². The lowest BCUT2D eigenvalue weighted by Gasteiger charge is -2.19. The highest BCUT2D eigenvalue weighted by molar-refractivity contribution is 7.92. The van der Waals surface area contributed by atoms with E-state index in [2.05, 4.69) is 15.5 Å². The monoisotopic (exact) mass is 410 g/mol. The van der Waals surface area contributed by atoms with E-state index in [1.165, 1.54) is 23.5 Å². The average Bonchev–Trinajstić information content (AvgIpc) is 3.37. The summed E-state index contributed by atoms with van der Waals surface area (Å²) in [6, 6.07) is 17.2. The Kier molecular flexibility index (Phi) is 4.81. The molecule has 4 rings (SSSR count). The van der Waals surface area contributed by atoms with Crippen molar-refractivity contribution in [2.24, 2.45) is 0 Å². The molecule has 0 atom stereocenters. The molecule has 0 aliphatic carbocycles. The van der Waals surface area contributed by atoms with Gasteiger partial charge in [0.1, 0.15) is 5.76 Å². The standard InChI is InChI=1S/C20H18N4O4S/c1-14-18(11-12-27-14)19-22-23-20(28-19)21-15-7-6-10-17(13-15)29(25,26)24(2)16-8-4-3-5-9-16/h3-13H,1-2H3,(H,21,23). The number of nitrogens with zero attached hydrogens (tertiary/aromatic N) is 3. The Hall–Kier alpha value is -3.59. The maximum absolute atomic E-state index is 13.0. The maximum Gasteiger partial charge on any atom is 0.320 e. The number of furan rings is 1. The van der Waals surface area contributed by atoms with Crippen molar-refractivity contribution in [2.45, 2.75) is 11.8 Å². The predicted octanol–water partition coefficient (Wildman–Crippen LogP) is 4.21. The van der Waals surface area contributed by atoms with Crippen LogP contribution in [0, 0.1) is 6.92 Å². The van der Waals surface area contributed by atoms with Gasteiger partial charge in [-0.2, -0.15) is 0 Å². The average molecular weight is 410 g/mol. The molecule has 9 heteroatoms. The Morgan fingerprint density at radius 1 is 1.00 bits per heavy atom. The van der Waals surface area contributed by atoms with Crippen LogP contribution in [0.1, 0.15) is 5.76 Å². The van der Waals surface area contributed by atoms with Gasteiger partial charge in [-0.15, -0.1) is 5.10 Å². The summed E-state index contributed by atoms with van der Waals surface area (Å²) in [5.41, 5.74) is 1.78. The van der Waals surface area contributed by atoms with Crippen molar-refractivity contribution < 1.29 is 17.3 Å². The summed E-state index contributed by atoms with van der Waals surface area (Å²) in [4.78, 5) is 0.138. The summed E-state index contributed by atoms with van der Waals surface area (Å²) in [5, 5.41) is 10.9. The molecule has 0 aliphatic heterocycles. The zero-order chi connectivity index (χ0) is 20.4. The molecule has 148 valence electrons. The van der Waals surface area contributed by atoms with Crippen molar-refractivity contribution >= 4 is 27.4 Å². The minimum Gasteiger partial charge on any atom is -0.469 e. The van der Waals surface area contributed by atoms with Crippen molar-refractivity contribution in [3.05, 3.63) is 72.7 Å². The number of hydrogen-bond acceptors (Lipinski definition) is 7. The fourth-order valence-corrected chi connectivity index (χ4v) is 4.02. The zero-order valence-electron chi connectivity index (χ0n) is 15.7. The van der Waals surface area contributed by atoms with E-state index in [1.54, 1.807) is 55.7 Å². The predicted molar refractivity (Wildman–Crippen MR) is 108 cm³/mol. The zero-order valence-corrected chi connectivity index (χ0v) is 16.6. The van der Waals surface area contributed by atoms with Gasteiger partial charge in [0.2, 0.25) is 0 Å². The quantitative estimate of drug-likeness (QED) is 0.508. The number of sulfonamides is 1. The summed E-state index contributed by atoms with van der Waals surface area (Å²) >= 11 is 0. The van der Waals surface area contributed by atoms with Crippen LogP contribution in [0.2, 0.25) is 0 Å². The lowest BCUT2D eigenvalue weighted by Crippen LogP contribution is -2.26. The van der Waals surface area contributed by atoms with Crippen LogP contribution in [-0.4, -0.2) is 25.7 Å². The first-order valence-corrected chi connectivity index (χ1v) is 10.2. The van der Waals surface area contributed by atoms with Gasteiger partial charge in [-0.25, -0.2) is 8.42 Å². The molecular formula is C20H18N4O4S. The molecule has 4 aromatic rings. The van der Waals surface area contributed by atoms with E-state index < -0.39 is 10.0 Å². The molecule has 0 unspecified atom stereocenters. The van der Waals surface area contributed by atoms with Crippen LogP contribution in [0.3, 0.4) is 0 Å². The minimum absolute atomic E-state index is 0.138. The molecule has 1 N–H and O–H groups in total. The molecule has 0 bridgehead atoms. The SMILES string of the molecule is Cc1occc1-c1nnc(Nc2cccc(S(=O)(=O)N(C)c3ccccc3)c2)o1. The Morgan fingerprint density at radius 3 is 2.52 bits per heavy atom. The topological polar surface area (TPSA) is 101 Å². The molecule has 8 nitrogen and oxygen atoms in total. The highest BCUT2D eigenvalue weighted by atomic mass is 32.2. The molecule has 0 spiro atoms. The molecule has 0 saturated carbocycles. The summed E-state index contributed by atoms with van der Waals surface area (Å²) in [7, 11) is -2.21. The summed E-state index contributed by atoms with van der Waals surface area (Å²) < 4.78 is 38.0. The molecule has 0 radical (unpaired) electrons. The van der Waals surface area contributed by atoms with Crippen molar-refractivity contribution in [3.8, 4) is 11.5 Å². The largest absolute Gasteiger partial charge is 0.469 e. The van der Waals surface area contributed by atoms with Crippen molar-refractivity contribution in [2.75, 3.05) is 16.7 Å². The van der Waals surface area contributed by atoms with Gasteiger partial charge < -0.3 is 14.2 Å². The van der Waals surface area contributed by atoms with Gasteiger partial charge in [-0.05, 0) is 43.3 Å². The van der Waals surface area contributed by atoms with E-state index in [0.29, 0.717) is 28.6 Å². The first kappa shape index (κ1) is 18.8. The van der Waals surface area contributed by atoms with Crippen molar-refractivity contribution in [1.29, 1.82) is 0 Å². The lowest BCUT2D eigenvalue weighted by atomic mass is 10.3. The first-order chi connectivity index (χ1) is 13.9. The molecule has 2 aromatic carbocycles. The van der Waals surface area contributed by atoms with Crippen LogP contribution < -0.4 is 9.62 Å². The molecule has 0 amide bonds.